The van der Waals surface area contributed by atoms with Gasteiger partial charge in [0, 0.05) is 19.8 Å². The standard InChI is InChI=1S/C17H22N2O3S/c1-13-16(9-6-10-17(13)19(2)3)18-23(20,21)12-14-7-5-8-15(11-14)22-4/h5-11,18H,12H2,1-4H3. The predicted octanol–water partition coefficient (Wildman–Crippen LogP) is 3.01. The van der Waals surface area contributed by atoms with Crippen LogP contribution in [0.4, 0.5) is 11.4 Å². The van der Waals surface area contributed by atoms with Crippen molar-refractivity contribution < 1.29 is 13.2 Å². The molecule has 23 heavy (non-hydrogen) atoms. The number of hydrogen-bond acceptors (Lipinski definition) is 4. The number of sulfonamides is 1. The number of benzene rings is 2. The van der Waals surface area contributed by atoms with Crippen molar-refractivity contribution >= 4 is 21.4 Å². The van der Waals surface area contributed by atoms with Crippen molar-refractivity contribution in [3.63, 3.8) is 0 Å². The minimum atomic E-state index is -3.50. The summed E-state index contributed by atoms with van der Waals surface area (Å²) >= 11 is 0. The van der Waals surface area contributed by atoms with Gasteiger partial charge in [-0.05, 0) is 42.3 Å². The van der Waals surface area contributed by atoms with E-state index in [0.29, 0.717) is 17.0 Å². The highest BCUT2D eigenvalue weighted by Crippen LogP contribution is 2.26. The molecule has 0 aliphatic rings. The van der Waals surface area contributed by atoms with Crippen LogP contribution in [0.15, 0.2) is 42.5 Å². The summed E-state index contributed by atoms with van der Waals surface area (Å²) < 4.78 is 32.7. The Kier molecular flexibility index (Phi) is 5.15. The summed E-state index contributed by atoms with van der Waals surface area (Å²) in [6.07, 6.45) is 0. The Morgan fingerprint density at radius 2 is 1.83 bits per heavy atom. The van der Waals surface area contributed by atoms with E-state index in [0.717, 1.165) is 11.3 Å². The van der Waals surface area contributed by atoms with Crippen molar-refractivity contribution in [2.24, 2.45) is 0 Å². The average molecular weight is 334 g/mol. The van der Waals surface area contributed by atoms with Crippen molar-refractivity contribution in [2.75, 3.05) is 30.8 Å². The van der Waals surface area contributed by atoms with Gasteiger partial charge in [-0.1, -0.05) is 18.2 Å². The summed E-state index contributed by atoms with van der Waals surface area (Å²) in [7, 11) is 1.91. The first-order valence-corrected chi connectivity index (χ1v) is 8.88. The third-order valence-corrected chi connectivity index (χ3v) is 4.79. The molecular weight excluding hydrogens is 312 g/mol. The smallest absolute Gasteiger partial charge is 0.236 e. The summed E-state index contributed by atoms with van der Waals surface area (Å²) in [5, 5.41) is 0. The van der Waals surface area contributed by atoms with E-state index in [-0.39, 0.29) is 5.75 Å². The van der Waals surface area contributed by atoms with Crippen molar-refractivity contribution in [3.8, 4) is 5.75 Å². The Labute approximate surface area is 137 Å². The van der Waals surface area contributed by atoms with Crippen LogP contribution in [0.25, 0.3) is 0 Å². The molecule has 0 aliphatic carbocycles. The highest BCUT2D eigenvalue weighted by Gasteiger charge is 2.15. The van der Waals surface area contributed by atoms with Gasteiger partial charge in [-0.3, -0.25) is 4.72 Å². The SMILES string of the molecule is COc1cccc(CS(=O)(=O)Nc2cccc(N(C)C)c2C)c1. The van der Waals surface area contributed by atoms with Crippen LogP contribution in [0, 0.1) is 6.92 Å². The lowest BCUT2D eigenvalue weighted by atomic mass is 10.1. The Bertz CT molecular complexity index is 786. The number of nitrogens with one attached hydrogen (secondary N) is 1. The first-order valence-electron chi connectivity index (χ1n) is 7.23. The highest BCUT2D eigenvalue weighted by molar-refractivity contribution is 7.91. The molecule has 0 amide bonds. The predicted molar refractivity (Wildman–Crippen MR) is 94.7 cm³/mol. The van der Waals surface area contributed by atoms with Crippen molar-refractivity contribution in [1.82, 2.24) is 0 Å². The van der Waals surface area contributed by atoms with E-state index in [2.05, 4.69) is 4.72 Å². The second kappa shape index (κ2) is 6.91. The molecule has 1 N–H and O–H groups in total. The van der Waals surface area contributed by atoms with Gasteiger partial charge in [0.05, 0.1) is 18.6 Å². The van der Waals surface area contributed by atoms with Crippen LogP contribution < -0.4 is 14.4 Å². The fourth-order valence-electron chi connectivity index (χ4n) is 2.40. The van der Waals surface area contributed by atoms with E-state index >= 15 is 0 Å². The summed E-state index contributed by atoms with van der Waals surface area (Å²) in [5.41, 5.74) is 3.15. The maximum absolute atomic E-state index is 12.4. The van der Waals surface area contributed by atoms with Gasteiger partial charge in [0.1, 0.15) is 5.75 Å². The fourth-order valence-corrected chi connectivity index (χ4v) is 3.65. The minimum Gasteiger partial charge on any atom is -0.497 e. The molecule has 6 heteroatoms. The van der Waals surface area contributed by atoms with Gasteiger partial charge in [-0.2, -0.15) is 0 Å². The molecule has 0 aliphatic heterocycles. The lowest BCUT2D eigenvalue weighted by molar-refractivity contribution is 0.414. The van der Waals surface area contributed by atoms with Gasteiger partial charge < -0.3 is 9.64 Å². The maximum atomic E-state index is 12.4. The first-order chi connectivity index (χ1) is 10.8. The molecule has 0 saturated heterocycles. The average Bonchev–Trinajstić information content (AvgIpc) is 2.48. The first kappa shape index (κ1) is 17.1. The van der Waals surface area contributed by atoms with Crippen LogP contribution in [0.2, 0.25) is 0 Å². The topological polar surface area (TPSA) is 58.6 Å². The molecule has 0 atom stereocenters. The van der Waals surface area contributed by atoms with Gasteiger partial charge in [0.15, 0.2) is 0 Å². The summed E-state index contributed by atoms with van der Waals surface area (Å²) in [6.45, 7) is 1.90. The lowest BCUT2D eigenvalue weighted by Crippen LogP contribution is -2.17. The molecular formula is C17H22N2O3S. The third-order valence-electron chi connectivity index (χ3n) is 3.54. The van der Waals surface area contributed by atoms with E-state index in [9.17, 15) is 8.42 Å². The zero-order valence-electron chi connectivity index (χ0n) is 13.8. The molecule has 0 bridgehead atoms. The van der Waals surface area contributed by atoms with Crippen LogP contribution in [0.1, 0.15) is 11.1 Å². The quantitative estimate of drug-likeness (QED) is 0.882. The molecule has 0 spiro atoms. The number of methoxy groups -OCH3 is 1. The zero-order chi connectivity index (χ0) is 17.0. The van der Waals surface area contributed by atoms with Crippen molar-refractivity contribution in [1.29, 1.82) is 0 Å². The molecule has 0 aromatic heterocycles. The van der Waals surface area contributed by atoms with Crippen LogP contribution in [0.5, 0.6) is 5.75 Å². The van der Waals surface area contributed by atoms with E-state index in [1.165, 1.54) is 0 Å². The molecule has 0 unspecified atom stereocenters. The van der Waals surface area contributed by atoms with Gasteiger partial charge in [-0.25, -0.2) is 8.42 Å². The molecule has 5 nitrogen and oxygen atoms in total. The second-order valence-electron chi connectivity index (χ2n) is 5.56. The highest BCUT2D eigenvalue weighted by atomic mass is 32.2. The molecule has 2 aromatic rings. The summed E-state index contributed by atoms with van der Waals surface area (Å²) in [4.78, 5) is 1.95. The monoisotopic (exact) mass is 334 g/mol. The number of nitrogens with zero attached hydrogens (tertiary/aromatic N) is 1. The van der Waals surface area contributed by atoms with Crippen LogP contribution >= 0.6 is 0 Å². The molecule has 0 radical (unpaired) electrons. The Morgan fingerprint density at radius 3 is 2.48 bits per heavy atom. The Morgan fingerprint density at radius 1 is 1.13 bits per heavy atom. The molecule has 124 valence electrons. The summed E-state index contributed by atoms with van der Waals surface area (Å²) in [6, 6.07) is 12.6. The van der Waals surface area contributed by atoms with Gasteiger partial charge in [-0.15, -0.1) is 0 Å². The van der Waals surface area contributed by atoms with Gasteiger partial charge in [0.25, 0.3) is 0 Å². The molecule has 0 heterocycles. The van der Waals surface area contributed by atoms with Crippen LogP contribution in [-0.2, 0) is 15.8 Å². The largest absolute Gasteiger partial charge is 0.497 e. The number of ether oxygens (including phenoxy) is 1. The summed E-state index contributed by atoms with van der Waals surface area (Å²) in [5.74, 6) is 0.541. The molecule has 2 rings (SSSR count). The van der Waals surface area contributed by atoms with Crippen molar-refractivity contribution in [2.45, 2.75) is 12.7 Å². The van der Waals surface area contributed by atoms with Gasteiger partial charge >= 0.3 is 0 Å². The van der Waals surface area contributed by atoms with E-state index in [1.54, 1.807) is 37.4 Å². The van der Waals surface area contributed by atoms with E-state index < -0.39 is 10.0 Å². The number of anilines is 2. The lowest BCUT2D eigenvalue weighted by Gasteiger charge is -2.19. The molecule has 0 saturated carbocycles. The zero-order valence-corrected chi connectivity index (χ0v) is 14.6. The van der Waals surface area contributed by atoms with Crippen molar-refractivity contribution in [3.05, 3.63) is 53.6 Å². The van der Waals surface area contributed by atoms with E-state index in [4.69, 9.17) is 4.74 Å². The van der Waals surface area contributed by atoms with E-state index in [1.807, 2.05) is 38.1 Å². The third kappa shape index (κ3) is 4.39. The van der Waals surface area contributed by atoms with Crippen LogP contribution in [0.3, 0.4) is 0 Å². The maximum Gasteiger partial charge on any atom is 0.236 e. The number of hydrogen-bond donors (Lipinski definition) is 1. The normalized spacial score (nSPS) is 11.1. The molecule has 2 aromatic carbocycles. The Hall–Kier alpha value is -2.21. The fraction of sp³-hybridized carbons (Fsp3) is 0.294. The molecule has 0 fully saturated rings. The number of rotatable bonds is 6. The minimum absolute atomic E-state index is 0.101. The van der Waals surface area contributed by atoms with Crippen LogP contribution in [-0.4, -0.2) is 29.6 Å². The Balaban J connectivity index is 2.23. The second-order valence-corrected chi connectivity index (χ2v) is 7.28. The van der Waals surface area contributed by atoms with Gasteiger partial charge in [0.2, 0.25) is 10.0 Å².